The summed E-state index contributed by atoms with van der Waals surface area (Å²) in [5.74, 6) is 1.51. The van der Waals surface area contributed by atoms with E-state index in [0.717, 1.165) is 56.5 Å². The van der Waals surface area contributed by atoms with E-state index in [1.54, 1.807) is 0 Å². The zero-order valence-electron chi connectivity index (χ0n) is 12.6. The number of ether oxygens (including phenoxy) is 2. The van der Waals surface area contributed by atoms with Gasteiger partial charge in [0.25, 0.3) is 0 Å². The molecule has 2 heterocycles. The van der Waals surface area contributed by atoms with E-state index >= 15 is 0 Å². The van der Waals surface area contributed by atoms with Gasteiger partial charge in [0.15, 0.2) is 11.5 Å². The van der Waals surface area contributed by atoms with Gasteiger partial charge in [-0.15, -0.1) is 0 Å². The van der Waals surface area contributed by atoms with Crippen molar-refractivity contribution in [1.29, 1.82) is 0 Å². The van der Waals surface area contributed by atoms with E-state index in [4.69, 9.17) is 15.2 Å². The predicted octanol–water partition coefficient (Wildman–Crippen LogP) is 0.699. The minimum Gasteiger partial charge on any atom is -0.486 e. The second-order valence-corrected chi connectivity index (χ2v) is 5.65. The first-order chi connectivity index (χ1) is 10.2. The van der Waals surface area contributed by atoms with Gasteiger partial charge in [-0.3, -0.25) is 4.90 Å². The molecule has 6 nitrogen and oxygen atoms in total. The van der Waals surface area contributed by atoms with E-state index in [2.05, 4.69) is 22.2 Å². The summed E-state index contributed by atoms with van der Waals surface area (Å²) in [4.78, 5) is 4.84. The fourth-order valence-corrected chi connectivity index (χ4v) is 2.68. The largest absolute Gasteiger partial charge is 0.486 e. The molecule has 3 rings (SSSR count). The van der Waals surface area contributed by atoms with Crippen LogP contribution in [0.25, 0.3) is 0 Å². The molecule has 0 amide bonds. The third-order valence-corrected chi connectivity index (χ3v) is 4.05. The Bertz CT molecular complexity index is 487. The molecule has 3 N–H and O–H groups in total. The lowest BCUT2D eigenvalue weighted by Crippen LogP contribution is -2.45. The molecule has 0 spiro atoms. The number of nitrogens with one attached hydrogen (secondary N) is 1. The molecule has 0 atom stereocenters. The lowest BCUT2D eigenvalue weighted by atomic mass is 10.2. The van der Waals surface area contributed by atoms with E-state index in [-0.39, 0.29) is 0 Å². The Balaban J connectivity index is 1.53. The highest BCUT2D eigenvalue weighted by molar-refractivity contribution is 5.72. The minimum atomic E-state index is 0.586. The molecule has 1 aromatic carbocycles. The molecule has 0 bridgehead atoms. The summed E-state index contributed by atoms with van der Waals surface area (Å²) >= 11 is 0. The Morgan fingerprint density at radius 1 is 1.10 bits per heavy atom. The molecule has 1 aromatic rings. The quantitative estimate of drug-likeness (QED) is 0.797. The van der Waals surface area contributed by atoms with Crippen molar-refractivity contribution in [3.63, 3.8) is 0 Å². The first-order valence-electron chi connectivity index (χ1n) is 7.56. The summed E-state index contributed by atoms with van der Waals surface area (Å²) in [6.45, 7) is 7.65. The van der Waals surface area contributed by atoms with Gasteiger partial charge in [-0.25, -0.2) is 0 Å². The molecule has 1 fully saturated rings. The SMILES string of the molecule is CN1CCN(CCNc2cc3c(cc2N)OCCO3)CC1. The van der Waals surface area contributed by atoms with Crippen LogP contribution in [0, 0.1) is 0 Å². The van der Waals surface area contributed by atoms with Crippen LogP contribution >= 0.6 is 0 Å². The first kappa shape index (κ1) is 14.3. The summed E-state index contributed by atoms with van der Waals surface area (Å²) in [6, 6.07) is 3.78. The molecule has 0 radical (unpaired) electrons. The number of hydrogen-bond donors (Lipinski definition) is 2. The van der Waals surface area contributed by atoms with E-state index in [1.807, 2.05) is 12.1 Å². The van der Waals surface area contributed by atoms with Gasteiger partial charge in [-0.1, -0.05) is 0 Å². The van der Waals surface area contributed by atoms with Crippen molar-refractivity contribution >= 4 is 11.4 Å². The highest BCUT2D eigenvalue weighted by atomic mass is 16.6. The number of anilines is 2. The summed E-state index contributed by atoms with van der Waals surface area (Å²) in [5.41, 5.74) is 7.69. The lowest BCUT2D eigenvalue weighted by molar-refractivity contribution is 0.158. The van der Waals surface area contributed by atoms with Crippen molar-refractivity contribution in [1.82, 2.24) is 9.80 Å². The van der Waals surface area contributed by atoms with Gasteiger partial charge in [0.2, 0.25) is 0 Å². The molecule has 2 aliphatic heterocycles. The van der Waals surface area contributed by atoms with Gasteiger partial charge in [0, 0.05) is 51.4 Å². The van der Waals surface area contributed by atoms with Crippen LogP contribution in [0.1, 0.15) is 0 Å². The highest BCUT2D eigenvalue weighted by Crippen LogP contribution is 2.36. The fourth-order valence-electron chi connectivity index (χ4n) is 2.68. The van der Waals surface area contributed by atoms with Crippen molar-refractivity contribution in [3.8, 4) is 11.5 Å². The van der Waals surface area contributed by atoms with Gasteiger partial charge in [0.05, 0.1) is 11.4 Å². The standard InChI is InChI=1S/C15H24N4O2/c1-18-4-6-19(7-5-18)3-2-17-13-11-15-14(10-12(13)16)20-8-9-21-15/h10-11,17H,2-9,16H2,1H3. The van der Waals surface area contributed by atoms with Crippen molar-refractivity contribution in [2.45, 2.75) is 0 Å². The van der Waals surface area contributed by atoms with E-state index in [9.17, 15) is 0 Å². The maximum Gasteiger partial charge on any atom is 0.163 e. The van der Waals surface area contributed by atoms with Crippen LogP contribution in [0.4, 0.5) is 11.4 Å². The van der Waals surface area contributed by atoms with Crippen molar-refractivity contribution in [2.24, 2.45) is 0 Å². The smallest absolute Gasteiger partial charge is 0.163 e. The summed E-state index contributed by atoms with van der Waals surface area (Å²) in [5, 5.41) is 3.41. The zero-order chi connectivity index (χ0) is 14.7. The Labute approximate surface area is 125 Å². The number of nitrogens with zero attached hydrogens (tertiary/aromatic N) is 2. The number of nitrogen functional groups attached to an aromatic ring is 1. The van der Waals surface area contributed by atoms with Crippen molar-refractivity contribution in [3.05, 3.63) is 12.1 Å². The summed E-state index contributed by atoms with van der Waals surface area (Å²) in [6.07, 6.45) is 0. The maximum atomic E-state index is 6.06. The van der Waals surface area contributed by atoms with Crippen molar-refractivity contribution < 1.29 is 9.47 Å². The summed E-state index contributed by atoms with van der Waals surface area (Å²) in [7, 11) is 2.17. The zero-order valence-corrected chi connectivity index (χ0v) is 12.6. The Morgan fingerprint density at radius 2 is 1.76 bits per heavy atom. The number of likely N-dealkylation sites (N-methyl/N-ethyl adjacent to an activating group) is 1. The van der Waals surface area contributed by atoms with Crippen LogP contribution in [-0.4, -0.2) is 69.3 Å². The fraction of sp³-hybridized carbons (Fsp3) is 0.600. The molecule has 6 heteroatoms. The third-order valence-electron chi connectivity index (χ3n) is 4.05. The average Bonchev–Trinajstić information content (AvgIpc) is 2.50. The van der Waals surface area contributed by atoms with Gasteiger partial charge >= 0.3 is 0 Å². The molecule has 2 aliphatic rings. The number of rotatable bonds is 4. The second kappa shape index (κ2) is 6.41. The minimum absolute atomic E-state index is 0.586. The van der Waals surface area contributed by atoms with Crippen LogP contribution in [0.3, 0.4) is 0 Å². The first-order valence-corrected chi connectivity index (χ1v) is 7.56. The highest BCUT2D eigenvalue weighted by Gasteiger charge is 2.16. The number of hydrogen-bond acceptors (Lipinski definition) is 6. The number of piperazine rings is 1. The number of nitrogens with two attached hydrogens (primary N) is 1. The topological polar surface area (TPSA) is 63.0 Å². The van der Waals surface area contributed by atoms with Crippen LogP contribution < -0.4 is 20.5 Å². The van der Waals surface area contributed by atoms with Crippen LogP contribution in [0.15, 0.2) is 12.1 Å². The normalized spacial score (nSPS) is 19.5. The predicted molar refractivity (Wildman–Crippen MR) is 84.3 cm³/mol. The van der Waals surface area contributed by atoms with Gasteiger partial charge in [-0.05, 0) is 7.05 Å². The molecule has 1 saturated heterocycles. The summed E-state index contributed by atoms with van der Waals surface area (Å²) < 4.78 is 11.1. The monoisotopic (exact) mass is 292 g/mol. The van der Waals surface area contributed by atoms with Crippen LogP contribution in [0.2, 0.25) is 0 Å². The van der Waals surface area contributed by atoms with Gasteiger partial charge in [-0.2, -0.15) is 0 Å². The Hall–Kier alpha value is -1.66. The average molecular weight is 292 g/mol. The molecule has 21 heavy (non-hydrogen) atoms. The number of fused-ring (bicyclic) bond motifs is 1. The van der Waals surface area contributed by atoms with E-state index in [1.165, 1.54) is 0 Å². The van der Waals surface area contributed by atoms with Gasteiger partial charge < -0.3 is 25.4 Å². The van der Waals surface area contributed by atoms with Crippen LogP contribution in [-0.2, 0) is 0 Å². The molecule has 0 saturated carbocycles. The molecule has 0 unspecified atom stereocenters. The second-order valence-electron chi connectivity index (χ2n) is 5.65. The molecular weight excluding hydrogens is 268 g/mol. The molecule has 116 valence electrons. The molecule has 0 aliphatic carbocycles. The number of benzene rings is 1. The molecular formula is C15H24N4O2. The van der Waals surface area contributed by atoms with Crippen LogP contribution in [0.5, 0.6) is 11.5 Å². The Kier molecular flexibility index (Phi) is 4.36. The van der Waals surface area contributed by atoms with Gasteiger partial charge in [0.1, 0.15) is 13.2 Å². The third kappa shape index (κ3) is 3.51. The molecule has 0 aromatic heterocycles. The Morgan fingerprint density at radius 3 is 2.48 bits per heavy atom. The van der Waals surface area contributed by atoms with E-state index < -0.39 is 0 Å². The lowest BCUT2D eigenvalue weighted by Gasteiger charge is -2.32. The van der Waals surface area contributed by atoms with Crippen molar-refractivity contribution in [2.75, 3.05) is 70.6 Å². The van der Waals surface area contributed by atoms with E-state index in [0.29, 0.717) is 18.9 Å². The maximum absolute atomic E-state index is 6.06.